The van der Waals surface area contributed by atoms with Crippen molar-refractivity contribution >= 4 is 21.6 Å². The molecule has 2 aromatic carbocycles. The Morgan fingerprint density at radius 3 is 2.09 bits per heavy atom. The van der Waals surface area contributed by atoms with E-state index in [1.54, 1.807) is 42.5 Å². The molecule has 0 saturated carbocycles. The van der Waals surface area contributed by atoms with Crippen LogP contribution in [-0.2, 0) is 10.0 Å². The first-order chi connectivity index (χ1) is 10.7. The molecule has 0 bridgehead atoms. The number of anilines is 1. The van der Waals surface area contributed by atoms with Crippen LogP contribution in [0.2, 0.25) is 0 Å². The Morgan fingerprint density at radius 2 is 1.48 bits per heavy atom. The van der Waals surface area contributed by atoms with Crippen LogP contribution in [0, 0.1) is 0 Å². The minimum atomic E-state index is -3.74. The van der Waals surface area contributed by atoms with Crippen LogP contribution in [-0.4, -0.2) is 19.9 Å². The van der Waals surface area contributed by atoms with Gasteiger partial charge < -0.3 is 5.32 Å². The number of amides is 1. The highest BCUT2D eigenvalue weighted by atomic mass is 32.2. The fourth-order valence-electron chi connectivity index (χ4n) is 1.98. The highest BCUT2D eigenvalue weighted by Crippen LogP contribution is 2.20. The number of sulfonamides is 1. The highest BCUT2D eigenvalue weighted by molar-refractivity contribution is 7.92. The zero-order valence-electron chi connectivity index (χ0n) is 13.3. The number of rotatable bonds is 4. The average Bonchev–Trinajstić information content (AvgIpc) is 2.46. The van der Waals surface area contributed by atoms with Gasteiger partial charge in [0.05, 0.1) is 16.1 Å². The molecule has 0 radical (unpaired) electrons. The van der Waals surface area contributed by atoms with Crippen LogP contribution in [0.25, 0.3) is 0 Å². The van der Waals surface area contributed by atoms with Crippen molar-refractivity contribution in [2.24, 2.45) is 0 Å². The van der Waals surface area contributed by atoms with Crippen molar-refractivity contribution in [3.05, 3.63) is 60.2 Å². The van der Waals surface area contributed by atoms with E-state index in [9.17, 15) is 13.2 Å². The molecule has 0 saturated heterocycles. The lowest BCUT2D eigenvalue weighted by molar-refractivity contribution is 0.0920. The Kier molecular flexibility index (Phi) is 4.75. The molecular weight excluding hydrogens is 312 g/mol. The highest BCUT2D eigenvalue weighted by Gasteiger charge is 2.21. The zero-order valence-corrected chi connectivity index (χ0v) is 14.1. The molecule has 0 aromatic heterocycles. The number of benzene rings is 2. The normalized spacial score (nSPS) is 11.8. The van der Waals surface area contributed by atoms with Crippen LogP contribution < -0.4 is 10.0 Å². The second kappa shape index (κ2) is 6.42. The topological polar surface area (TPSA) is 75.3 Å². The van der Waals surface area contributed by atoms with Gasteiger partial charge in [-0.2, -0.15) is 0 Å². The molecule has 1 amide bonds. The number of hydrogen-bond donors (Lipinski definition) is 2. The molecule has 0 heterocycles. The van der Waals surface area contributed by atoms with Gasteiger partial charge in [-0.15, -0.1) is 0 Å². The third kappa shape index (κ3) is 4.56. The van der Waals surface area contributed by atoms with Crippen molar-refractivity contribution < 1.29 is 13.2 Å². The zero-order chi connectivity index (χ0) is 17.1. The van der Waals surface area contributed by atoms with Gasteiger partial charge in [-0.3, -0.25) is 9.52 Å². The SMILES string of the molecule is CC(C)(C)NC(=O)c1ccccc1NS(=O)(=O)c1ccccc1. The quantitative estimate of drug-likeness (QED) is 0.904. The monoisotopic (exact) mass is 332 g/mol. The lowest BCUT2D eigenvalue weighted by atomic mass is 10.1. The molecule has 0 aliphatic heterocycles. The van der Waals surface area contributed by atoms with Crippen LogP contribution in [0.3, 0.4) is 0 Å². The molecule has 0 unspecified atom stereocenters. The standard InChI is InChI=1S/C17H20N2O3S/c1-17(2,3)18-16(20)14-11-7-8-12-15(14)19-23(21,22)13-9-5-4-6-10-13/h4-12,19H,1-3H3,(H,18,20). The van der Waals surface area contributed by atoms with Crippen molar-refractivity contribution in [2.75, 3.05) is 4.72 Å². The van der Waals surface area contributed by atoms with Gasteiger partial charge in [0.15, 0.2) is 0 Å². The Balaban J connectivity index is 2.33. The third-order valence-electron chi connectivity index (χ3n) is 2.96. The smallest absolute Gasteiger partial charge is 0.261 e. The Bertz CT molecular complexity index is 794. The van der Waals surface area contributed by atoms with Crippen LogP contribution in [0.5, 0.6) is 0 Å². The van der Waals surface area contributed by atoms with Gasteiger partial charge in [0.1, 0.15) is 0 Å². The van der Waals surface area contributed by atoms with E-state index in [2.05, 4.69) is 10.0 Å². The molecule has 0 aliphatic carbocycles. The summed E-state index contributed by atoms with van der Waals surface area (Å²) in [5.41, 5.74) is 0.114. The van der Waals surface area contributed by atoms with E-state index < -0.39 is 15.6 Å². The summed E-state index contributed by atoms with van der Waals surface area (Å²) in [5, 5.41) is 2.83. The van der Waals surface area contributed by atoms with Gasteiger partial charge >= 0.3 is 0 Å². The molecule has 2 N–H and O–H groups in total. The summed E-state index contributed by atoms with van der Waals surface area (Å²) in [4.78, 5) is 12.5. The maximum atomic E-state index is 12.4. The third-order valence-corrected chi connectivity index (χ3v) is 4.34. The number of para-hydroxylation sites is 1. The Hall–Kier alpha value is -2.34. The van der Waals surface area contributed by atoms with Crippen LogP contribution in [0.1, 0.15) is 31.1 Å². The predicted molar refractivity (Wildman–Crippen MR) is 90.9 cm³/mol. The molecule has 2 aromatic rings. The first-order valence-electron chi connectivity index (χ1n) is 7.18. The number of hydrogen-bond acceptors (Lipinski definition) is 3. The van der Waals surface area contributed by atoms with E-state index in [0.717, 1.165) is 0 Å². The fourth-order valence-corrected chi connectivity index (χ4v) is 3.08. The molecular formula is C17H20N2O3S. The second-order valence-corrected chi connectivity index (χ2v) is 7.85. The van der Waals surface area contributed by atoms with E-state index in [1.807, 2.05) is 20.8 Å². The van der Waals surface area contributed by atoms with Gasteiger partial charge in [0.2, 0.25) is 0 Å². The van der Waals surface area contributed by atoms with Gasteiger partial charge in [-0.05, 0) is 45.0 Å². The van der Waals surface area contributed by atoms with E-state index in [4.69, 9.17) is 0 Å². The van der Waals surface area contributed by atoms with Crippen LogP contribution in [0.15, 0.2) is 59.5 Å². The van der Waals surface area contributed by atoms with Crippen molar-refractivity contribution in [3.63, 3.8) is 0 Å². The number of nitrogens with one attached hydrogen (secondary N) is 2. The molecule has 2 rings (SSSR count). The van der Waals surface area contributed by atoms with Crippen molar-refractivity contribution in [3.8, 4) is 0 Å². The summed E-state index contributed by atoms with van der Waals surface area (Å²) in [6, 6.07) is 14.6. The number of carbonyl (C=O) groups is 1. The van der Waals surface area contributed by atoms with Crippen molar-refractivity contribution in [2.45, 2.75) is 31.2 Å². The lowest BCUT2D eigenvalue weighted by Gasteiger charge is -2.21. The largest absolute Gasteiger partial charge is 0.347 e. The first-order valence-corrected chi connectivity index (χ1v) is 8.67. The molecule has 0 atom stereocenters. The minimum Gasteiger partial charge on any atom is -0.347 e. The predicted octanol–water partition coefficient (Wildman–Crippen LogP) is 3.02. The van der Waals surface area contributed by atoms with E-state index in [-0.39, 0.29) is 22.1 Å². The molecule has 122 valence electrons. The molecule has 0 spiro atoms. The van der Waals surface area contributed by atoms with E-state index >= 15 is 0 Å². The van der Waals surface area contributed by atoms with Crippen molar-refractivity contribution in [1.29, 1.82) is 0 Å². The molecule has 5 nitrogen and oxygen atoms in total. The maximum absolute atomic E-state index is 12.4. The second-order valence-electron chi connectivity index (χ2n) is 6.17. The Labute approximate surface area is 136 Å². The van der Waals surface area contributed by atoms with Crippen molar-refractivity contribution in [1.82, 2.24) is 5.32 Å². The lowest BCUT2D eigenvalue weighted by Crippen LogP contribution is -2.40. The molecule has 6 heteroatoms. The summed E-state index contributed by atoms with van der Waals surface area (Å²) >= 11 is 0. The summed E-state index contributed by atoms with van der Waals surface area (Å²) in [6.45, 7) is 5.59. The maximum Gasteiger partial charge on any atom is 0.261 e. The number of carbonyl (C=O) groups excluding carboxylic acids is 1. The van der Waals surface area contributed by atoms with Crippen LogP contribution >= 0.6 is 0 Å². The summed E-state index contributed by atoms with van der Waals surface area (Å²) in [6.07, 6.45) is 0. The molecule has 0 aliphatic rings. The summed E-state index contributed by atoms with van der Waals surface area (Å²) in [5.74, 6) is -0.330. The first kappa shape index (κ1) is 17.0. The van der Waals surface area contributed by atoms with Gasteiger partial charge in [-0.1, -0.05) is 30.3 Å². The summed E-state index contributed by atoms with van der Waals surface area (Å²) < 4.78 is 27.3. The minimum absolute atomic E-state index is 0.144. The van der Waals surface area contributed by atoms with Gasteiger partial charge in [-0.25, -0.2) is 8.42 Å². The van der Waals surface area contributed by atoms with Crippen LogP contribution in [0.4, 0.5) is 5.69 Å². The van der Waals surface area contributed by atoms with E-state index in [0.29, 0.717) is 0 Å². The molecule has 23 heavy (non-hydrogen) atoms. The van der Waals surface area contributed by atoms with E-state index in [1.165, 1.54) is 12.1 Å². The van der Waals surface area contributed by atoms with Gasteiger partial charge in [0.25, 0.3) is 15.9 Å². The molecule has 0 fully saturated rings. The average molecular weight is 332 g/mol. The van der Waals surface area contributed by atoms with Gasteiger partial charge in [0, 0.05) is 5.54 Å². The Morgan fingerprint density at radius 1 is 0.913 bits per heavy atom. The fraction of sp³-hybridized carbons (Fsp3) is 0.235. The summed E-state index contributed by atoms with van der Waals surface area (Å²) in [7, 11) is -3.74.